The van der Waals surface area contributed by atoms with Crippen molar-refractivity contribution in [2.24, 2.45) is 5.73 Å². The molecule has 0 bridgehead atoms. The highest BCUT2D eigenvalue weighted by molar-refractivity contribution is 5.79. The lowest BCUT2D eigenvalue weighted by molar-refractivity contribution is -0.393. The minimum absolute atomic E-state index is 0.0454. The van der Waals surface area contributed by atoms with E-state index < -0.39 is 39.3 Å². The summed E-state index contributed by atoms with van der Waals surface area (Å²) in [6.07, 6.45) is 0.303. The van der Waals surface area contributed by atoms with E-state index in [4.69, 9.17) is 10.8 Å². The number of carboxylic acids is 1. The Morgan fingerprint density at radius 1 is 1.25 bits per heavy atom. The molecular weight excluding hydrogens is 326 g/mol. The maximum Gasteiger partial charge on any atom is 0.326 e. The van der Waals surface area contributed by atoms with E-state index >= 15 is 0 Å². The lowest BCUT2D eigenvalue weighted by atomic mass is 10.1. The van der Waals surface area contributed by atoms with E-state index in [0.29, 0.717) is 0 Å². The van der Waals surface area contributed by atoms with Crippen LogP contribution in [0.4, 0.5) is 21.9 Å². The topological polar surface area (TPSA) is 191 Å². The van der Waals surface area contributed by atoms with Gasteiger partial charge in [0.05, 0.1) is 15.9 Å². The van der Waals surface area contributed by atoms with Crippen LogP contribution in [0.25, 0.3) is 0 Å². The van der Waals surface area contributed by atoms with Gasteiger partial charge in [-0.25, -0.2) is 9.59 Å². The highest BCUT2D eigenvalue weighted by Gasteiger charge is 2.24. The molecule has 0 heterocycles. The fraction of sp³-hybridized carbons (Fsp3) is 0.333. The Balaban J connectivity index is 2.89. The Morgan fingerprint density at radius 2 is 1.92 bits per heavy atom. The number of aliphatic carboxylic acids is 1. The first-order valence-electron chi connectivity index (χ1n) is 6.68. The SMILES string of the molecule is NC(=O)NCCCC(Nc1ccc([N+](=O)[O-])cc1[N+](=O)[O-])C(=O)O. The normalized spacial score (nSPS) is 11.3. The predicted octanol–water partition coefficient (Wildman–Crippen LogP) is 0.817. The highest BCUT2D eigenvalue weighted by atomic mass is 16.6. The van der Waals surface area contributed by atoms with Crippen molar-refractivity contribution in [2.75, 3.05) is 11.9 Å². The van der Waals surface area contributed by atoms with Gasteiger partial charge >= 0.3 is 12.0 Å². The zero-order valence-corrected chi connectivity index (χ0v) is 12.3. The zero-order chi connectivity index (χ0) is 18.3. The van der Waals surface area contributed by atoms with E-state index in [-0.39, 0.29) is 25.1 Å². The number of nitro groups is 2. The van der Waals surface area contributed by atoms with E-state index in [0.717, 1.165) is 18.2 Å². The maximum atomic E-state index is 11.2. The predicted molar refractivity (Wildman–Crippen MR) is 81.6 cm³/mol. The largest absolute Gasteiger partial charge is 0.480 e. The quantitative estimate of drug-likeness (QED) is 0.288. The number of carboxylic acid groups (broad SMARTS) is 1. The maximum absolute atomic E-state index is 11.2. The summed E-state index contributed by atoms with van der Waals surface area (Å²) < 4.78 is 0. The molecule has 0 saturated carbocycles. The molecule has 0 saturated heterocycles. The monoisotopic (exact) mass is 341 g/mol. The minimum atomic E-state index is -1.26. The second-order valence-electron chi connectivity index (χ2n) is 4.68. The lowest BCUT2D eigenvalue weighted by Crippen LogP contribution is -2.33. The van der Waals surface area contributed by atoms with Gasteiger partial charge in [0.15, 0.2) is 0 Å². The van der Waals surface area contributed by atoms with Crippen LogP contribution in [0.15, 0.2) is 18.2 Å². The number of rotatable bonds is 9. The van der Waals surface area contributed by atoms with Gasteiger partial charge in [-0.2, -0.15) is 0 Å². The van der Waals surface area contributed by atoms with Crippen molar-refractivity contribution >= 4 is 29.1 Å². The molecule has 1 aromatic carbocycles. The number of nitrogens with one attached hydrogen (secondary N) is 2. The molecule has 0 radical (unpaired) electrons. The van der Waals surface area contributed by atoms with Crippen molar-refractivity contribution in [3.63, 3.8) is 0 Å². The average molecular weight is 341 g/mol. The van der Waals surface area contributed by atoms with Gasteiger partial charge in [0.25, 0.3) is 11.4 Å². The minimum Gasteiger partial charge on any atom is -0.480 e. The standard InChI is InChI=1S/C12H15N5O7/c13-12(20)14-5-1-2-9(11(18)19)15-8-4-3-7(16(21)22)6-10(8)17(23)24/h3-4,6,9,15H,1-2,5H2,(H,18,19)(H3,13,14,20). The van der Waals surface area contributed by atoms with Crippen molar-refractivity contribution < 1.29 is 24.5 Å². The smallest absolute Gasteiger partial charge is 0.326 e. The summed E-state index contributed by atoms with van der Waals surface area (Å²) in [5.74, 6) is -1.26. The van der Waals surface area contributed by atoms with E-state index in [2.05, 4.69) is 10.6 Å². The van der Waals surface area contributed by atoms with Gasteiger partial charge in [-0.3, -0.25) is 20.2 Å². The number of amides is 2. The highest BCUT2D eigenvalue weighted by Crippen LogP contribution is 2.29. The summed E-state index contributed by atoms with van der Waals surface area (Å²) in [6, 6.07) is 0.924. The first-order chi connectivity index (χ1) is 11.2. The Hall–Kier alpha value is -3.44. The third-order valence-electron chi connectivity index (χ3n) is 2.99. The van der Waals surface area contributed by atoms with E-state index in [1.807, 2.05) is 0 Å². The number of nitrogens with two attached hydrogens (primary N) is 1. The summed E-state index contributed by atoms with van der Waals surface area (Å²) in [4.78, 5) is 41.8. The van der Waals surface area contributed by atoms with Crippen LogP contribution in [0.5, 0.6) is 0 Å². The summed E-state index contributed by atoms with van der Waals surface area (Å²) >= 11 is 0. The number of nitrogens with zero attached hydrogens (tertiary/aromatic N) is 2. The van der Waals surface area contributed by atoms with Crippen LogP contribution in [0.3, 0.4) is 0 Å². The average Bonchev–Trinajstić information content (AvgIpc) is 2.49. The zero-order valence-electron chi connectivity index (χ0n) is 12.3. The van der Waals surface area contributed by atoms with Gasteiger partial charge in [-0.15, -0.1) is 0 Å². The molecule has 5 N–H and O–H groups in total. The molecule has 1 atom stereocenters. The Labute approximate surface area is 134 Å². The van der Waals surface area contributed by atoms with E-state index in [1.54, 1.807) is 0 Å². The van der Waals surface area contributed by atoms with E-state index in [1.165, 1.54) is 0 Å². The van der Waals surface area contributed by atoms with Gasteiger partial charge in [0.2, 0.25) is 0 Å². The van der Waals surface area contributed by atoms with Gasteiger partial charge in [-0.1, -0.05) is 0 Å². The third kappa shape index (κ3) is 5.40. The Morgan fingerprint density at radius 3 is 2.42 bits per heavy atom. The van der Waals surface area contributed by atoms with Crippen LogP contribution >= 0.6 is 0 Å². The molecule has 12 heteroatoms. The second kappa shape index (κ2) is 8.26. The molecule has 0 aliphatic heterocycles. The van der Waals surface area contributed by atoms with Crippen LogP contribution in [-0.2, 0) is 4.79 Å². The fourth-order valence-electron chi connectivity index (χ4n) is 1.87. The number of hydrogen-bond donors (Lipinski definition) is 4. The number of benzene rings is 1. The number of urea groups is 1. The number of nitro benzene ring substituents is 2. The molecule has 0 spiro atoms. The molecule has 12 nitrogen and oxygen atoms in total. The first-order valence-corrected chi connectivity index (χ1v) is 6.68. The summed E-state index contributed by atoms with van der Waals surface area (Å²) in [7, 11) is 0. The number of hydrogen-bond acceptors (Lipinski definition) is 7. The number of anilines is 1. The Bertz CT molecular complexity index is 663. The van der Waals surface area contributed by atoms with Crippen molar-refractivity contribution in [3.05, 3.63) is 38.4 Å². The second-order valence-corrected chi connectivity index (χ2v) is 4.68. The molecule has 0 aliphatic rings. The third-order valence-corrected chi connectivity index (χ3v) is 2.99. The van der Waals surface area contributed by atoms with Crippen LogP contribution in [0, 0.1) is 20.2 Å². The lowest BCUT2D eigenvalue weighted by Gasteiger charge is -2.15. The van der Waals surface area contributed by atoms with Gasteiger partial charge in [0.1, 0.15) is 11.7 Å². The van der Waals surface area contributed by atoms with Gasteiger partial charge in [-0.05, 0) is 18.9 Å². The number of non-ortho nitro benzene ring substituents is 1. The van der Waals surface area contributed by atoms with Crippen molar-refractivity contribution in [1.29, 1.82) is 0 Å². The summed E-state index contributed by atoms with van der Waals surface area (Å²) in [5, 5.41) is 35.6. The molecule has 0 aromatic heterocycles. The van der Waals surface area contributed by atoms with E-state index in [9.17, 15) is 29.8 Å². The van der Waals surface area contributed by atoms with Crippen LogP contribution < -0.4 is 16.4 Å². The molecule has 1 aromatic rings. The molecule has 0 fully saturated rings. The summed E-state index contributed by atoms with van der Waals surface area (Å²) in [6.45, 7) is 0.142. The van der Waals surface area contributed by atoms with Crippen molar-refractivity contribution in [2.45, 2.75) is 18.9 Å². The first kappa shape index (κ1) is 18.6. The molecule has 1 rings (SSSR count). The fourth-order valence-corrected chi connectivity index (χ4v) is 1.87. The molecule has 0 aliphatic carbocycles. The van der Waals surface area contributed by atoms with Crippen LogP contribution in [0.1, 0.15) is 12.8 Å². The number of carbonyl (C=O) groups excluding carboxylic acids is 1. The van der Waals surface area contributed by atoms with Crippen molar-refractivity contribution in [1.82, 2.24) is 5.32 Å². The Kier molecular flexibility index (Phi) is 6.40. The number of primary amides is 1. The van der Waals surface area contributed by atoms with Crippen molar-refractivity contribution in [3.8, 4) is 0 Å². The van der Waals surface area contributed by atoms with Gasteiger partial charge in [0, 0.05) is 12.6 Å². The number of carbonyl (C=O) groups is 2. The molecule has 130 valence electrons. The van der Waals surface area contributed by atoms with Crippen LogP contribution in [-0.4, -0.2) is 39.5 Å². The molecule has 24 heavy (non-hydrogen) atoms. The molecular formula is C12H15N5O7. The van der Waals surface area contributed by atoms with Crippen LogP contribution in [0.2, 0.25) is 0 Å². The van der Waals surface area contributed by atoms with Gasteiger partial charge < -0.3 is 21.5 Å². The summed E-state index contributed by atoms with van der Waals surface area (Å²) in [5.41, 5.74) is 3.63. The molecule has 1 unspecified atom stereocenters. The molecule has 2 amide bonds.